The molecule has 1 unspecified atom stereocenters. The van der Waals surface area contributed by atoms with Gasteiger partial charge in [0.15, 0.2) is 6.61 Å². The highest BCUT2D eigenvalue weighted by Crippen LogP contribution is 2.14. The van der Waals surface area contributed by atoms with Gasteiger partial charge in [-0.25, -0.2) is 0 Å². The molecular weight excluding hydrogens is 268 g/mol. The van der Waals surface area contributed by atoms with E-state index in [-0.39, 0.29) is 6.61 Å². The van der Waals surface area contributed by atoms with Crippen molar-refractivity contribution >= 4 is 11.3 Å². The molecule has 0 saturated heterocycles. The third kappa shape index (κ3) is 4.69. The highest BCUT2D eigenvalue weighted by atomic mass is 32.1. The first-order valence-electron chi connectivity index (χ1n) is 6.61. The van der Waals surface area contributed by atoms with E-state index in [1.54, 1.807) is 11.3 Å². The number of hydrogen-bond donors (Lipinski definition) is 1. The van der Waals surface area contributed by atoms with Gasteiger partial charge < -0.3 is 10.1 Å². The van der Waals surface area contributed by atoms with Crippen molar-refractivity contribution < 1.29 is 4.74 Å². The first kappa shape index (κ1) is 14.6. The van der Waals surface area contributed by atoms with E-state index in [4.69, 9.17) is 10.00 Å². The summed E-state index contributed by atoms with van der Waals surface area (Å²) in [5.41, 5.74) is 2.54. The molecule has 0 amide bonds. The maximum absolute atomic E-state index is 8.51. The molecule has 2 rings (SSSR count). The number of hydrogen-bond acceptors (Lipinski definition) is 4. The molecule has 0 aliphatic heterocycles. The quantitative estimate of drug-likeness (QED) is 0.848. The molecule has 4 heteroatoms. The lowest BCUT2D eigenvalue weighted by Gasteiger charge is -2.13. The Balaban J connectivity index is 1.82. The number of ether oxygens (including phenoxy) is 1. The highest BCUT2D eigenvalue weighted by Gasteiger charge is 2.04. The smallest absolute Gasteiger partial charge is 0.174 e. The maximum atomic E-state index is 8.51. The van der Waals surface area contributed by atoms with Crippen molar-refractivity contribution in [3.05, 3.63) is 52.2 Å². The second-order valence-electron chi connectivity index (χ2n) is 4.71. The Morgan fingerprint density at radius 3 is 3.00 bits per heavy atom. The molecule has 1 aromatic heterocycles. The fourth-order valence-corrected chi connectivity index (χ4v) is 2.67. The predicted octanol–water partition coefficient (Wildman–Crippen LogP) is 3.37. The zero-order chi connectivity index (χ0) is 14.2. The van der Waals surface area contributed by atoms with Gasteiger partial charge in [0.05, 0.1) is 0 Å². The number of benzene rings is 1. The largest absolute Gasteiger partial charge is 0.479 e. The highest BCUT2D eigenvalue weighted by molar-refractivity contribution is 7.07. The molecule has 0 spiro atoms. The van der Waals surface area contributed by atoms with Crippen LogP contribution in [0.4, 0.5) is 0 Å². The van der Waals surface area contributed by atoms with Crippen molar-refractivity contribution in [2.24, 2.45) is 0 Å². The molecule has 0 bridgehead atoms. The van der Waals surface area contributed by atoms with Crippen LogP contribution in [0.2, 0.25) is 0 Å². The number of nitriles is 1. The van der Waals surface area contributed by atoms with Gasteiger partial charge in [0.2, 0.25) is 0 Å². The maximum Gasteiger partial charge on any atom is 0.174 e. The van der Waals surface area contributed by atoms with Crippen LogP contribution in [0.5, 0.6) is 5.75 Å². The lowest BCUT2D eigenvalue weighted by molar-refractivity contribution is 0.367. The Morgan fingerprint density at radius 1 is 1.35 bits per heavy atom. The van der Waals surface area contributed by atoms with Crippen LogP contribution in [-0.2, 0) is 13.0 Å². The van der Waals surface area contributed by atoms with Gasteiger partial charge in [0.25, 0.3) is 0 Å². The van der Waals surface area contributed by atoms with Crippen LogP contribution in [-0.4, -0.2) is 12.6 Å². The molecule has 0 fully saturated rings. The minimum absolute atomic E-state index is 0.0887. The molecule has 3 nitrogen and oxygen atoms in total. The molecule has 1 heterocycles. The summed E-state index contributed by atoms with van der Waals surface area (Å²) in [5.74, 6) is 0.747. The van der Waals surface area contributed by atoms with Crippen LogP contribution < -0.4 is 10.1 Å². The average molecular weight is 286 g/mol. The molecular formula is C16H18N2OS. The van der Waals surface area contributed by atoms with E-state index in [9.17, 15) is 0 Å². The molecule has 20 heavy (non-hydrogen) atoms. The summed E-state index contributed by atoms with van der Waals surface area (Å²) >= 11 is 1.73. The van der Waals surface area contributed by atoms with Gasteiger partial charge in [0.1, 0.15) is 11.8 Å². The number of rotatable bonds is 7. The lowest BCUT2D eigenvalue weighted by Crippen LogP contribution is -2.27. The van der Waals surface area contributed by atoms with Gasteiger partial charge in [-0.2, -0.15) is 16.6 Å². The molecule has 0 aliphatic rings. The van der Waals surface area contributed by atoms with Gasteiger partial charge >= 0.3 is 0 Å². The monoisotopic (exact) mass is 286 g/mol. The van der Waals surface area contributed by atoms with Crippen LogP contribution in [0.15, 0.2) is 41.1 Å². The predicted molar refractivity (Wildman–Crippen MR) is 81.9 cm³/mol. The van der Waals surface area contributed by atoms with E-state index in [1.165, 1.54) is 5.56 Å². The summed E-state index contributed by atoms with van der Waals surface area (Å²) in [5, 5.41) is 16.3. The van der Waals surface area contributed by atoms with Gasteiger partial charge in [0, 0.05) is 12.6 Å². The summed E-state index contributed by atoms with van der Waals surface area (Å²) < 4.78 is 5.30. The Morgan fingerprint density at radius 2 is 2.25 bits per heavy atom. The van der Waals surface area contributed by atoms with Crippen LogP contribution >= 0.6 is 11.3 Å². The van der Waals surface area contributed by atoms with E-state index in [1.807, 2.05) is 24.3 Å². The second kappa shape index (κ2) is 7.68. The van der Waals surface area contributed by atoms with Crippen LogP contribution in [0.3, 0.4) is 0 Å². The zero-order valence-electron chi connectivity index (χ0n) is 11.5. The van der Waals surface area contributed by atoms with Crippen molar-refractivity contribution in [2.45, 2.75) is 25.9 Å². The summed E-state index contributed by atoms with van der Waals surface area (Å²) in [4.78, 5) is 0. The van der Waals surface area contributed by atoms with Crippen molar-refractivity contribution in [1.29, 1.82) is 5.26 Å². The minimum Gasteiger partial charge on any atom is -0.479 e. The van der Waals surface area contributed by atoms with Crippen molar-refractivity contribution in [1.82, 2.24) is 5.32 Å². The van der Waals surface area contributed by atoms with Crippen LogP contribution in [0, 0.1) is 11.3 Å². The molecule has 0 saturated carbocycles. The van der Waals surface area contributed by atoms with E-state index < -0.39 is 0 Å². The fourth-order valence-electron chi connectivity index (χ4n) is 1.99. The molecule has 1 N–H and O–H groups in total. The van der Waals surface area contributed by atoms with E-state index in [2.05, 4.69) is 35.1 Å². The van der Waals surface area contributed by atoms with Gasteiger partial charge in [-0.3, -0.25) is 0 Å². The second-order valence-corrected chi connectivity index (χ2v) is 5.49. The molecule has 104 valence electrons. The minimum atomic E-state index is 0.0887. The summed E-state index contributed by atoms with van der Waals surface area (Å²) in [6.45, 7) is 3.08. The molecule has 0 aliphatic carbocycles. The molecule has 2 aromatic rings. The number of thiophene rings is 1. The number of nitrogens with zero attached hydrogens (tertiary/aromatic N) is 1. The standard InChI is InChI=1S/C16H18N2OS/c1-13(9-15-5-8-20-12-15)18-11-14-3-2-4-16(10-14)19-7-6-17/h2-5,8,10,12-13,18H,7,9,11H2,1H3. The van der Waals surface area contributed by atoms with E-state index in [0.717, 1.165) is 24.3 Å². The Hall–Kier alpha value is -1.83. The Labute approximate surface area is 123 Å². The summed E-state index contributed by atoms with van der Waals surface area (Å²) in [6.07, 6.45) is 1.04. The number of nitrogens with one attached hydrogen (secondary N) is 1. The lowest BCUT2D eigenvalue weighted by atomic mass is 10.1. The summed E-state index contributed by atoms with van der Waals surface area (Å²) in [7, 11) is 0. The van der Waals surface area contributed by atoms with Gasteiger partial charge in [-0.05, 0) is 53.4 Å². The molecule has 1 aromatic carbocycles. The molecule has 1 atom stereocenters. The van der Waals surface area contributed by atoms with Crippen LogP contribution in [0.1, 0.15) is 18.1 Å². The SMILES string of the molecule is CC(Cc1ccsc1)NCc1cccc(OCC#N)c1. The zero-order valence-corrected chi connectivity index (χ0v) is 12.3. The molecule has 0 radical (unpaired) electrons. The van der Waals surface area contributed by atoms with E-state index >= 15 is 0 Å². The Kier molecular flexibility index (Phi) is 5.60. The average Bonchev–Trinajstić information content (AvgIpc) is 2.96. The van der Waals surface area contributed by atoms with Crippen molar-refractivity contribution in [2.75, 3.05) is 6.61 Å². The van der Waals surface area contributed by atoms with Crippen molar-refractivity contribution in [3.8, 4) is 11.8 Å². The first-order chi connectivity index (χ1) is 9.78. The van der Waals surface area contributed by atoms with Crippen LogP contribution in [0.25, 0.3) is 0 Å². The topological polar surface area (TPSA) is 45.0 Å². The van der Waals surface area contributed by atoms with E-state index in [0.29, 0.717) is 6.04 Å². The third-order valence-electron chi connectivity index (χ3n) is 2.98. The first-order valence-corrected chi connectivity index (χ1v) is 7.55. The van der Waals surface area contributed by atoms with Crippen molar-refractivity contribution in [3.63, 3.8) is 0 Å². The normalized spacial score (nSPS) is 11.8. The fraction of sp³-hybridized carbons (Fsp3) is 0.312. The third-order valence-corrected chi connectivity index (χ3v) is 3.71. The Bertz CT molecular complexity index is 560. The van der Waals surface area contributed by atoms with Gasteiger partial charge in [-0.15, -0.1) is 0 Å². The van der Waals surface area contributed by atoms with Gasteiger partial charge in [-0.1, -0.05) is 12.1 Å². The summed E-state index contributed by atoms with van der Waals surface area (Å²) in [6, 6.07) is 12.4.